The molecule has 0 fully saturated rings. The minimum atomic E-state index is -0.325. The van der Waals surface area contributed by atoms with Crippen LogP contribution < -0.4 is 10.5 Å². The first-order chi connectivity index (χ1) is 8.16. The van der Waals surface area contributed by atoms with Crippen LogP contribution in [0.25, 0.3) is 0 Å². The molecule has 2 rings (SSSR count). The SMILES string of the molecule is C[C@@H](N)c1ccc(F)cc1OCc1cncs1. The molecule has 0 amide bonds. The van der Waals surface area contributed by atoms with Gasteiger partial charge in [0.25, 0.3) is 0 Å². The molecule has 0 spiro atoms. The van der Waals surface area contributed by atoms with Gasteiger partial charge < -0.3 is 10.5 Å². The first kappa shape index (κ1) is 12.0. The average molecular weight is 252 g/mol. The molecule has 1 aromatic carbocycles. The number of halogens is 1. The van der Waals surface area contributed by atoms with Crippen molar-refractivity contribution in [1.29, 1.82) is 0 Å². The highest BCUT2D eigenvalue weighted by molar-refractivity contribution is 7.09. The number of hydrogen-bond donors (Lipinski definition) is 1. The third-order valence-electron chi connectivity index (χ3n) is 2.32. The summed E-state index contributed by atoms with van der Waals surface area (Å²) in [5.41, 5.74) is 8.34. The number of rotatable bonds is 4. The second kappa shape index (κ2) is 5.25. The van der Waals surface area contributed by atoms with Gasteiger partial charge in [0.15, 0.2) is 0 Å². The predicted octanol–water partition coefficient (Wildman–Crippen LogP) is 2.88. The minimum absolute atomic E-state index is 0.188. The van der Waals surface area contributed by atoms with Crippen LogP contribution in [0, 0.1) is 5.82 Å². The maximum Gasteiger partial charge on any atom is 0.127 e. The molecule has 0 aliphatic carbocycles. The highest BCUT2D eigenvalue weighted by atomic mass is 32.1. The smallest absolute Gasteiger partial charge is 0.127 e. The van der Waals surface area contributed by atoms with Gasteiger partial charge in [-0.05, 0) is 13.0 Å². The summed E-state index contributed by atoms with van der Waals surface area (Å²) in [5.74, 6) is 0.169. The molecular weight excluding hydrogens is 239 g/mol. The summed E-state index contributed by atoms with van der Waals surface area (Å²) in [7, 11) is 0. The van der Waals surface area contributed by atoms with Crippen molar-refractivity contribution in [1.82, 2.24) is 4.98 Å². The molecule has 3 nitrogen and oxygen atoms in total. The van der Waals surface area contributed by atoms with Crippen molar-refractivity contribution in [3.63, 3.8) is 0 Å². The highest BCUT2D eigenvalue weighted by Crippen LogP contribution is 2.26. The van der Waals surface area contributed by atoms with Crippen LogP contribution in [0.15, 0.2) is 29.9 Å². The Labute approximate surface area is 103 Å². The number of nitrogens with zero attached hydrogens (tertiary/aromatic N) is 1. The molecule has 1 atom stereocenters. The topological polar surface area (TPSA) is 48.1 Å². The normalized spacial score (nSPS) is 12.4. The molecule has 2 aromatic rings. The van der Waals surface area contributed by atoms with Crippen molar-refractivity contribution in [2.45, 2.75) is 19.6 Å². The lowest BCUT2D eigenvalue weighted by Gasteiger charge is -2.13. The van der Waals surface area contributed by atoms with Gasteiger partial charge >= 0.3 is 0 Å². The molecule has 0 aliphatic heterocycles. The summed E-state index contributed by atoms with van der Waals surface area (Å²) in [6.45, 7) is 2.22. The monoisotopic (exact) mass is 252 g/mol. The largest absolute Gasteiger partial charge is 0.488 e. The Morgan fingerprint density at radius 1 is 1.53 bits per heavy atom. The van der Waals surface area contributed by atoms with Gasteiger partial charge in [0.2, 0.25) is 0 Å². The zero-order valence-electron chi connectivity index (χ0n) is 9.39. The molecule has 90 valence electrons. The highest BCUT2D eigenvalue weighted by Gasteiger charge is 2.09. The Kier molecular flexibility index (Phi) is 3.71. The van der Waals surface area contributed by atoms with Crippen LogP contribution in [0.4, 0.5) is 4.39 Å². The first-order valence-electron chi connectivity index (χ1n) is 5.22. The molecule has 1 heterocycles. The molecular formula is C12H13FN2OS. The molecule has 0 radical (unpaired) electrons. The van der Waals surface area contributed by atoms with E-state index in [1.165, 1.54) is 23.5 Å². The number of thiazole rings is 1. The van der Waals surface area contributed by atoms with E-state index in [0.717, 1.165) is 10.4 Å². The number of aromatic nitrogens is 1. The van der Waals surface area contributed by atoms with E-state index in [-0.39, 0.29) is 11.9 Å². The van der Waals surface area contributed by atoms with Crippen LogP contribution in [-0.2, 0) is 6.61 Å². The quantitative estimate of drug-likeness (QED) is 0.910. The van der Waals surface area contributed by atoms with Crippen molar-refractivity contribution in [3.05, 3.63) is 46.2 Å². The van der Waals surface area contributed by atoms with Crippen LogP contribution in [0.3, 0.4) is 0 Å². The summed E-state index contributed by atoms with van der Waals surface area (Å²) in [4.78, 5) is 4.94. The van der Waals surface area contributed by atoms with Gasteiger partial charge in [-0.3, -0.25) is 4.98 Å². The number of benzene rings is 1. The second-order valence-electron chi connectivity index (χ2n) is 3.73. The van der Waals surface area contributed by atoms with E-state index in [1.54, 1.807) is 17.8 Å². The van der Waals surface area contributed by atoms with Gasteiger partial charge in [-0.1, -0.05) is 6.07 Å². The van der Waals surface area contributed by atoms with Crippen molar-refractivity contribution in [2.75, 3.05) is 0 Å². The summed E-state index contributed by atoms with van der Waals surface area (Å²) in [6.07, 6.45) is 1.73. The molecule has 0 bridgehead atoms. The maximum absolute atomic E-state index is 13.1. The van der Waals surface area contributed by atoms with Gasteiger partial charge in [-0.25, -0.2) is 4.39 Å². The first-order valence-corrected chi connectivity index (χ1v) is 6.10. The van der Waals surface area contributed by atoms with E-state index in [0.29, 0.717) is 12.4 Å². The Morgan fingerprint density at radius 2 is 2.35 bits per heavy atom. The van der Waals surface area contributed by atoms with Crippen LogP contribution in [0.1, 0.15) is 23.4 Å². The van der Waals surface area contributed by atoms with E-state index >= 15 is 0 Å². The predicted molar refractivity (Wildman–Crippen MR) is 65.4 cm³/mol. The van der Waals surface area contributed by atoms with E-state index in [2.05, 4.69) is 4.98 Å². The van der Waals surface area contributed by atoms with Gasteiger partial charge in [0, 0.05) is 23.9 Å². The Bertz CT molecular complexity index is 485. The van der Waals surface area contributed by atoms with Gasteiger partial charge in [-0.15, -0.1) is 11.3 Å². The summed E-state index contributed by atoms with van der Waals surface area (Å²) < 4.78 is 18.7. The maximum atomic E-state index is 13.1. The molecule has 1 aromatic heterocycles. The van der Waals surface area contributed by atoms with E-state index in [1.807, 2.05) is 6.92 Å². The second-order valence-corrected chi connectivity index (χ2v) is 4.70. The third kappa shape index (κ3) is 3.01. The van der Waals surface area contributed by atoms with E-state index < -0.39 is 0 Å². The lowest BCUT2D eigenvalue weighted by atomic mass is 10.1. The van der Waals surface area contributed by atoms with Gasteiger partial charge in [0.1, 0.15) is 18.2 Å². The summed E-state index contributed by atoms with van der Waals surface area (Å²) in [5, 5.41) is 0. The van der Waals surface area contributed by atoms with Crippen molar-refractivity contribution >= 4 is 11.3 Å². The molecule has 0 saturated carbocycles. The van der Waals surface area contributed by atoms with E-state index in [4.69, 9.17) is 10.5 Å². The zero-order chi connectivity index (χ0) is 12.3. The third-order valence-corrected chi connectivity index (χ3v) is 3.07. The number of nitrogens with two attached hydrogens (primary N) is 1. The Morgan fingerprint density at radius 3 is 3.00 bits per heavy atom. The zero-order valence-corrected chi connectivity index (χ0v) is 10.2. The lowest BCUT2D eigenvalue weighted by Crippen LogP contribution is -2.08. The lowest BCUT2D eigenvalue weighted by molar-refractivity contribution is 0.303. The van der Waals surface area contributed by atoms with Crippen LogP contribution >= 0.6 is 11.3 Å². The molecule has 2 N–H and O–H groups in total. The molecule has 0 unspecified atom stereocenters. The average Bonchev–Trinajstić information content (AvgIpc) is 2.78. The van der Waals surface area contributed by atoms with Crippen LogP contribution in [-0.4, -0.2) is 4.98 Å². The fourth-order valence-corrected chi connectivity index (χ4v) is 1.98. The van der Waals surface area contributed by atoms with Gasteiger partial charge in [-0.2, -0.15) is 0 Å². The van der Waals surface area contributed by atoms with Crippen molar-refractivity contribution in [3.8, 4) is 5.75 Å². The van der Waals surface area contributed by atoms with E-state index in [9.17, 15) is 4.39 Å². The van der Waals surface area contributed by atoms with Crippen molar-refractivity contribution in [2.24, 2.45) is 5.73 Å². The Hall–Kier alpha value is -1.46. The standard InChI is InChI=1S/C12H13FN2OS/c1-8(14)11-3-2-9(13)4-12(11)16-6-10-5-15-7-17-10/h2-5,7-8H,6,14H2,1H3/t8-/m1/s1. The van der Waals surface area contributed by atoms with Crippen LogP contribution in [0.5, 0.6) is 5.75 Å². The minimum Gasteiger partial charge on any atom is -0.488 e. The molecule has 0 saturated heterocycles. The molecule has 5 heteroatoms. The number of ether oxygens (including phenoxy) is 1. The van der Waals surface area contributed by atoms with Crippen molar-refractivity contribution < 1.29 is 9.13 Å². The number of hydrogen-bond acceptors (Lipinski definition) is 4. The van der Waals surface area contributed by atoms with Crippen LogP contribution in [0.2, 0.25) is 0 Å². The fraction of sp³-hybridized carbons (Fsp3) is 0.250. The molecule has 17 heavy (non-hydrogen) atoms. The molecule has 0 aliphatic rings. The summed E-state index contributed by atoms with van der Waals surface area (Å²) in [6, 6.07) is 4.21. The summed E-state index contributed by atoms with van der Waals surface area (Å²) >= 11 is 1.50. The Balaban J connectivity index is 2.16. The van der Waals surface area contributed by atoms with Gasteiger partial charge in [0.05, 0.1) is 10.4 Å². The fourth-order valence-electron chi connectivity index (χ4n) is 1.47.